The Morgan fingerprint density at radius 1 is 1.12 bits per heavy atom. The topological polar surface area (TPSA) is 58.4 Å². The van der Waals surface area contributed by atoms with Crippen LogP contribution in [0.5, 0.6) is 0 Å². The lowest BCUT2D eigenvalue weighted by molar-refractivity contribution is -0.117. The number of hydrogen-bond donors (Lipinski definition) is 2. The summed E-state index contributed by atoms with van der Waals surface area (Å²) in [6.45, 7) is 7.94. The summed E-state index contributed by atoms with van der Waals surface area (Å²) in [6, 6.07) is 13.8. The van der Waals surface area contributed by atoms with Crippen LogP contribution in [0.4, 0.5) is 11.4 Å². The Labute approximate surface area is 150 Å². The third kappa shape index (κ3) is 5.55. The third-order valence-electron chi connectivity index (χ3n) is 3.92. The molecular formula is C19H26ClN3O. The number of hydrogen-bond acceptors (Lipinski definition) is 3. The van der Waals surface area contributed by atoms with Crippen molar-refractivity contribution in [2.45, 2.75) is 27.3 Å². The quantitative estimate of drug-likeness (QED) is 0.782. The zero-order valence-electron chi connectivity index (χ0n) is 14.5. The Kier molecular flexibility index (Phi) is 7.75. The number of para-hydroxylation sites is 1. The first-order chi connectivity index (χ1) is 11.0. The van der Waals surface area contributed by atoms with Gasteiger partial charge in [-0.15, -0.1) is 12.4 Å². The molecule has 0 spiro atoms. The maximum Gasteiger partial charge on any atom is 0.238 e. The molecule has 0 saturated carbocycles. The van der Waals surface area contributed by atoms with E-state index in [-0.39, 0.29) is 18.3 Å². The first-order valence-electron chi connectivity index (χ1n) is 7.92. The summed E-state index contributed by atoms with van der Waals surface area (Å²) in [4.78, 5) is 14.5. The summed E-state index contributed by atoms with van der Waals surface area (Å²) in [7, 11) is 0. The molecule has 0 unspecified atom stereocenters. The lowest BCUT2D eigenvalue weighted by atomic mass is 10.1. The maximum atomic E-state index is 12.4. The Morgan fingerprint density at radius 2 is 1.75 bits per heavy atom. The maximum absolute atomic E-state index is 12.4. The molecule has 0 heterocycles. The van der Waals surface area contributed by atoms with E-state index in [4.69, 9.17) is 5.73 Å². The van der Waals surface area contributed by atoms with Crippen LogP contribution < -0.4 is 11.1 Å². The van der Waals surface area contributed by atoms with E-state index in [9.17, 15) is 4.79 Å². The zero-order valence-corrected chi connectivity index (χ0v) is 15.3. The lowest BCUT2D eigenvalue weighted by Crippen LogP contribution is -2.33. The van der Waals surface area contributed by atoms with Crippen LogP contribution in [-0.4, -0.2) is 23.9 Å². The molecule has 5 heteroatoms. The molecule has 2 aromatic carbocycles. The summed E-state index contributed by atoms with van der Waals surface area (Å²) < 4.78 is 0. The van der Waals surface area contributed by atoms with Crippen molar-refractivity contribution < 1.29 is 4.79 Å². The van der Waals surface area contributed by atoms with Crippen molar-refractivity contribution in [3.8, 4) is 0 Å². The van der Waals surface area contributed by atoms with Gasteiger partial charge in [-0.25, -0.2) is 0 Å². The van der Waals surface area contributed by atoms with Crippen molar-refractivity contribution in [2.24, 2.45) is 0 Å². The number of carbonyl (C=O) groups is 1. The molecule has 3 N–H and O–H groups in total. The number of carbonyl (C=O) groups excluding carboxylic acids is 1. The van der Waals surface area contributed by atoms with Crippen molar-refractivity contribution in [2.75, 3.05) is 24.1 Å². The molecular weight excluding hydrogens is 322 g/mol. The second kappa shape index (κ2) is 9.30. The highest BCUT2D eigenvalue weighted by Gasteiger charge is 2.12. The SMILES string of the molecule is CCN(CC(=O)Nc1c(C)cccc1C)Cc1cccc(N)c1.Cl. The zero-order chi connectivity index (χ0) is 16.8. The number of halogens is 1. The number of nitrogens with zero attached hydrogens (tertiary/aromatic N) is 1. The fraction of sp³-hybridized carbons (Fsp3) is 0.316. The molecule has 0 aromatic heterocycles. The van der Waals surface area contributed by atoms with Crippen molar-refractivity contribution in [3.05, 3.63) is 59.2 Å². The Bertz CT molecular complexity index is 668. The van der Waals surface area contributed by atoms with E-state index < -0.39 is 0 Å². The van der Waals surface area contributed by atoms with Gasteiger partial charge >= 0.3 is 0 Å². The van der Waals surface area contributed by atoms with Crippen molar-refractivity contribution in [1.29, 1.82) is 0 Å². The number of benzene rings is 2. The predicted molar refractivity (Wildman–Crippen MR) is 104 cm³/mol. The standard InChI is InChI=1S/C19H25N3O.ClH/c1-4-22(12-16-9-6-10-17(20)11-16)13-18(23)21-19-14(2)7-5-8-15(19)3;/h5-11H,4,12-13,20H2,1-3H3,(H,21,23);1H. The van der Waals surface area contributed by atoms with Crippen molar-refractivity contribution in [1.82, 2.24) is 4.90 Å². The highest BCUT2D eigenvalue weighted by Crippen LogP contribution is 2.19. The van der Waals surface area contributed by atoms with Gasteiger partial charge in [0, 0.05) is 17.9 Å². The molecule has 2 aromatic rings. The van der Waals surface area contributed by atoms with Crippen molar-refractivity contribution in [3.63, 3.8) is 0 Å². The van der Waals surface area contributed by atoms with Crippen LogP contribution in [0.2, 0.25) is 0 Å². The molecule has 1 amide bonds. The minimum Gasteiger partial charge on any atom is -0.399 e. The summed E-state index contributed by atoms with van der Waals surface area (Å²) in [5.74, 6) is 0.00755. The normalized spacial score (nSPS) is 10.3. The molecule has 0 saturated heterocycles. The number of nitrogens with one attached hydrogen (secondary N) is 1. The number of amides is 1. The van der Waals surface area contributed by atoms with E-state index in [2.05, 4.69) is 17.1 Å². The fourth-order valence-corrected chi connectivity index (χ4v) is 2.62. The van der Waals surface area contributed by atoms with Crippen molar-refractivity contribution >= 4 is 29.7 Å². The molecule has 0 aliphatic carbocycles. The molecule has 130 valence electrons. The Hall–Kier alpha value is -2.04. The van der Waals surface area contributed by atoms with Crippen LogP contribution in [0, 0.1) is 13.8 Å². The highest BCUT2D eigenvalue weighted by atomic mass is 35.5. The van der Waals surface area contributed by atoms with Gasteiger partial charge in [0.25, 0.3) is 0 Å². The van der Waals surface area contributed by atoms with Crippen LogP contribution >= 0.6 is 12.4 Å². The number of nitrogens with two attached hydrogens (primary N) is 1. The first kappa shape index (κ1) is 20.0. The van der Waals surface area contributed by atoms with Gasteiger partial charge in [-0.05, 0) is 49.2 Å². The minimum absolute atomic E-state index is 0. The van der Waals surface area contributed by atoms with Gasteiger partial charge in [-0.1, -0.05) is 37.3 Å². The van der Waals surface area contributed by atoms with E-state index in [1.165, 1.54) is 0 Å². The lowest BCUT2D eigenvalue weighted by Gasteiger charge is -2.21. The number of anilines is 2. The van der Waals surface area contributed by atoms with E-state index in [0.717, 1.165) is 34.6 Å². The second-order valence-electron chi connectivity index (χ2n) is 5.86. The van der Waals surface area contributed by atoms with Gasteiger partial charge < -0.3 is 11.1 Å². The molecule has 0 bridgehead atoms. The van der Waals surface area contributed by atoms with E-state index >= 15 is 0 Å². The Balaban J connectivity index is 0.00000288. The van der Waals surface area contributed by atoms with Crippen LogP contribution in [0.1, 0.15) is 23.6 Å². The van der Waals surface area contributed by atoms with E-state index in [1.54, 1.807) is 0 Å². The van der Waals surface area contributed by atoms with Gasteiger partial charge in [-0.3, -0.25) is 9.69 Å². The molecule has 0 fully saturated rings. The fourth-order valence-electron chi connectivity index (χ4n) is 2.62. The molecule has 2 rings (SSSR count). The smallest absolute Gasteiger partial charge is 0.238 e. The Morgan fingerprint density at radius 3 is 2.33 bits per heavy atom. The molecule has 0 aliphatic heterocycles. The van der Waals surface area contributed by atoms with Crippen LogP contribution in [-0.2, 0) is 11.3 Å². The molecule has 0 radical (unpaired) electrons. The van der Waals surface area contributed by atoms with Gasteiger partial charge in [0.1, 0.15) is 0 Å². The second-order valence-corrected chi connectivity index (χ2v) is 5.86. The average Bonchev–Trinajstić information content (AvgIpc) is 2.50. The molecule has 24 heavy (non-hydrogen) atoms. The van der Waals surface area contributed by atoms with Gasteiger partial charge in [0.2, 0.25) is 5.91 Å². The highest BCUT2D eigenvalue weighted by molar-refractivity contribution is 5.93. The third-order valence-corrected chi connectivity index (χ3v) is 3.92. The minimum atomic E-state index is 0. The number of likely N-dealkylation sites (N-methyl/N-ethyl adjacent to an activating group) is 1. The molecule has 4 nitrogen and oxygen atoms in total. The first-order valence-corrected chi connectivity index (χ1v) is 7.92. The monoisotopic (exact) mass is 347 g/mol. The summed E-state index contributed by atoms with van der Waals surface area (Å²) >= 11 is 0. The largest absolute Gasteiger partial charge is 0.399 e. The predicted octanol–water partition coefficient (Wildman–Crippen LogP) is 3.77. The van der Waals surface area contributed by atoms with E-state index in [1.807, 2.05) is 56.3 Å². The number of rotatable bonds is 6. The summed E-state index contributed by atoms with van der Waals surface area (Å²) in [5.41, 5.74) is 10.8. The van der Waals surface area contributed by atoms with Gasteiger partial charge in [0.05, 0.1) is 6.54 Å². The summed E-state index contributed by atoms with van der Waals surface area (Å²) in [5, 5.41) is 3.04. The van der Waals surface area contributed by atoms with E-state index in [0.29, 0.717) is 13.1 Å². The van der Waals surface area contributed by atoms with Gasteiger partial charge in [-0.2, -0.15) is 0 Å². The van der Waals surface area contributed by atoms with Gasteiger partial charge in [0.15, 0.2) is 0 Å². The van der Waals surface area contributed by atoms with Crippen LogP contribution in [0.15, 0.2) is 42.5 Å². The van der Waals surface area contributed by atoms with Crippen LogP contribution in [0.25, 0.3) is 0 Å². The summed E-state index contributed by atoms with van der Waals surface area (Å²) in [6.07, 6.45) is 0. The van der Waals surface area contributed by atoms with Crippen LogP contribution in [0.3, 0.4) is 0 Å². The average molecular weight is 348 g/mol. The number of nitrogen functional groups attached to an aromatic ring is 1. The molecule has 0 atom stereocenters. The molecule has 0 aliphatic rings. The number of aryl methyl sites for hydroxylation is 2.